The normalized spacial score (nSPS) is 11.3. The van der Waals surface area contributed by atoms with Gasteiger partial charge in [0.15, 0.2) is 0 Å². The molecule has 0 unspecified atom stereocenters. The van der Waals surface area contributed by atoms with E-state index >= 15 is 0 Å². The maximum atomic E-state index is 11.9. The zero-order valence-corrected chi connectivity index (χ0v) is 11.6. The predicted octanol–water partition coefficient (Wildman–Crippen LogP) is 2.87. The summed E-state index contributed by atoms with van der Waals surface area (Å²) in [6.45, 7) is 4.61. The van der Waals surface area contributed by atoms with E-state index in [9.17, 15) is 9.90 Å². The topological polar surface area (TPSA) is 49.3 Å². The predicted molar refractivity (Wildman–Crippen MR) is 73.9 cm³/mol. The molecule has 3 nitrogen and oxygen atoms in total. The molecule has 0 saturated carbocycles. The van der Waals surface area contributed by atoms with Crippen LogP contribution >= 0.6 is 11.6 Å². The summed E-state index contributed by atoms with van der Waals surface area (Å²) in [7, 11) is 0. The van der Waals surface area contributed by atoms with E-state index < -0.39 is 0 Å². The molecule has 0 atom stereocenters. The van der Waals surface area contributed by atoms with Crippen LogP contribution in [0.15, 0.2) is 24.3 Å². The lowest BCUT2D eigenvalue weighted by Gasteiger charge is -2.29. The van der Waals surface area contributed by atoms with Crippen molar-refractivity contribution in [3.8, 4) is 0 Å². The van der Waals surface area contributed by atoms with Gasteiger partial charge in [0.25, 0.3) is 5.91 Å². The molecule has 0 aliphatic carbocycles. The first-order valence-electron chi connectivity index (χ1n) is 6.21. The van der Waals surface area contributed by atoms with Crippen LogP contribution in [0.5, 0.6) is 0 Å². The third-order valence-electron chi connectivity index (χ3n) is 3.57. The minimum Gasteiger partial charge on any atom is -0.396 e. The van der Waals surface area contributed by atoms with Crippen LogP contribution < -0.4 is 5.32 Å². The van der Waals surface area contributed by atoms with Crippen molar-refractivity contribution >= 4 is 17.5 Å². The van der Waals surface area contributed by atoms with Crippen molar-refractivity contribution in [2.45, 2.75) is 26.7 Å². The second-order valence-corrected chi connectivity index (χ2v) is 4.99. The van der Waals surface area contributed by atoms with Gasteiger partial charge in [-0.1, -0.05) is 25.4 Å². The van der Waals surface area contributed by atoms with Crippen molar-refractivity contribution in [3.63, 3.8) is 0 Å². The number of aliphatic hydroxyl groups is 1. The fraction of sp³-hybridized carbons (Fsp3) is 0.500. The highest BCUT2D eigenvalue weighted by atomic mass is 35.5. The van der Waals surface area contributed by atoms with Crippen LogP contribution in [0.3, 0.4) is 0 Å². The van der Waals surface area contributed by atoms with E-state index in [2.05, 4.69) is 5.32 Å². The van der Waals surface area contributed by atoms with Gasteiger partial charge in [-0.2, -0.15) is 0 Å². The van der Waals surface area contributed by atoms with Crippen LogP contribution in [-0.2, 0) is 0 Å². The molecule has 100 valence electrons. The summed E-state index contributed by atoms with van der Waals surface area (Å²) in [5, 5.41) is 12.9. The van der Waals surface area contributed by atoms with Crippen molar-refractivity contribution in [1.29, 1.82) is 0 Å². The van der Waals surface area contributed by atoms with Crippen LogP contribution in [0, 0.1) is 5.41 Å². The molecule has 0 bridgehead atoms. The Morgan fingerprint density at radius 2 is 1.83 bits per heavy atom. The van der Waals surface area contributed by atoms with Gasteiger partial charge in [-0.05, 0) is 37.1 Å². The number of carbonyl (C=O) groups is 1. The number of halogens is 1. The van der Waals surface area contributed by atoms with Gasteiger partial charge >= 0.3 is 0 Å². The van der Waals surface area contributed by atoms with E-state index in [1.807, 2.05) is 13.8 Å². The van der Waals surface area contributed by atoms with Gasteiger partial charge in [-0.25, -0.2) is 0 Å². The molecule has 1 aromatic rings. The average Bonchev–Trinajstić information content (AvgIpc) is 2.41. The Morgan fingerprint density at radius 1 is 1.28 bits per heavy atom. The van der Waals surface area contributed by atoms with E-state index in [1.54, 1.807) is 24.3 Å². The Morgan fingerprint density at radius 3 is 2.28 bits per heavy atom. The number of aliphatic hydroxyl groups excluding tert-OH is 1. The minimum atomic E-state index is -0.220. The summed E-state index contributed by atoms with van der Waals surface area (Å²) in [5.41, 5.74) is 0.362. The summed E-state index contributed by atoms with van der Waals surface area (Å²) >= 11 is 5.77. The number of rotatable bonds is 6. The highest BCUT2D eigenvalue weighted by molar-refractivity contribution is 6.30. The number of hydrogen-bond acceptors (Lipinski definition) is 2. The van der Waals surface area contributed by atoms with E-state index in [0.717, 1.165) is 12.8 Å². The molecule has 0 saturated heterocycles. The van der Waals surface area contributed by atoms with Crippen molar-refractivity contribution in [1.82, 2.24) is 5.32 Å². The van der Waals surface area contributed by atoms with E-state index in [1.165, 1.54) is 0 Å². The number of hydrogen-bond donors (Lipinski definition) is 2. The van der Waals surface area contributed by atoms with Gasteiger partial charge in [0, 0.05) is 22.5 Å². The molecule has 0 heterocycles. The van der Waals surface area contributed by atoms with Crippen molar-refractivity contribution in [2.24, 2.45) is 5.41 Å². The Labute approximate surface area is 113 Å². The van der Waals surface area contributed by atoms with Gasteiger partial charge in [-0.3, -0.25) is 4.79 Å². The van der Waals surface area contributed by atoms with Crippen LogP contribution in [0.2, 0.25) is 5.02 Å². The van der Waals surface area contributed by atoms with Crippen molar-refractivity contribution in [2.75, 3.05) is 13.2 Å². The number of carbonyl (C=O) groups excluding carboxylic acids is 1. The summed E-state index contributed by atoms with van der Waals surface area (Å²) in [4.78, 5) is 11.9. The standard InChI is InChI=1S/C14H20ClNO2/c1-3-14(4-2,10-17)9-16-13(18)11-5-7-12(15)8-6-11/h5-8,17H,3-4,9-10H2,1-2H3,(H,16,18). The Kier molecular flexibility index (Phi) is 5.63. The first-order chi connectivity index (χ1) is 8.56. The summed E-state index contributed by atoms with van der Waals surface area (Å²) in [6.07, 6.45) is 1.67. The SMILES string of the molecule is CCC(CC)(CO)CNC(=O)c1ccc(Cl)cc1. The second kappa shape index (κ2) is 6.76. The van der Waals surface area contributed by atoms with Gasteiger partial charge < -0.3 is 10.4 Å². The van der Waals surface area contributed by atoms with Crippen LogP contribution in [0.25, 0.3) is 0 Å². The molecular formula is C14H20ClNO2. The zero-order valence-electron chi connectivity index (χ0n) is 10.9. The molecule has 0 fully saturated rings. The first kappa shape index (κ1) is 15.0. The van der Waals surface area contributed by atoms with Crippen LogP contribution in [0.1, 0.15) is 37.0 Å². The molecule has 0 spiro atoms. The van der Waals surface area contributed by atoms with Crippen LogP contribution in [0.4, 0.5) is 0 Å². The second-order valence-electron chi connectivity index (χ2n) is 4.55. The molecule has 4 heteroatoms. The zero-order chi connectivity index (χ0) is 13.6. The molecule has 18 heavy (non-hydrogen) atoms. The fourth-order valence-electron chi connectivity index (χ4n) is 1.75. The van der Waals surface area contributed by atoms with Gasteiger partial charge in [0.1, 0.15) is 0 Å². The summed E-state index contributed by atoms with van der Waals surface area (Å²) in [5.74, 6) is -0.133. The lowest BCUT2D eigenvalue weighted by atomic mass is 9.83. The molecular weight excluding hydrogens is 250 g/mol. The smallest absolute Gasteiger partial charge is 0.251 e. The third kappa shape index (κ3) is 3.72. The van der Waals surface area contributed by atoms with E-state index in [-0.39, 0.29) is 17.9 Å². The molecule has 2 N–H and O–H groups in total. The van der Waals surface area contributed by atoms with E-state index in [0.29, 0.717) is 17.1 Å². The van der Waals surface area contributed by atoms with Crippen molar-refractivity contribution < 1.29 is 9.90 Å². The molecule has 1 rings (SSSR count). The summed E-state index contributed by atoms with van der Waals surface area (Å²) in [6, 6.07) is 6.76. The molecule has 1 amide bonds. The average molecular weight is 270 g/mol. The minimum absolute atomic E-state index is 0.0842. The largest absolute Gasteiger partial charge is 0.396 e. The van der Waals surface area contributed by atoms with Crippen LogP contribution in [-0.4, -0.2) is 24.2 Å². The third-order valence-corrected chi connectivity index (χ3v) is 3.82. The highest BCUT2D eigenvalue weighted by Gasteiger charge is 2.25. The molecule has 0 radical (unpaired) electrons. The summed E-state index contributed by atoms with van der Waals surface area (Å²) < 4.78 is 0. The monoisotopic (exact) mass is 269 g/mol. The quantitative estimate of drug-likeness (QED) is 0.834. The maximum absolute atomic E-state index is 11.9. The Bertz CT molecular complexity index is 377. The molecule has 1 aromatic carbocycles. The number of amides is 1. The van der Waals surface area contributed by atoms with Gasteiger partial charge in [0.05, 0.1) is 6.61 Å². The molecule has 0 aromatic heterocycles. The first-order valence-corrected chi connectivity index (χ1v) is 6.59. The molecule has 0 aliphatic rings. The molecule has 0 aliphatic heterocycles. The van der Waals surface area contributed by atoms with Crippen molar-refractivity contribution in [3.05, 3.63) is 34.9 Å². The lowest BCUT2D eigenvalue weighted by molar-refractivity contribution is 0.0851. The number of benzene rings is 1. The number of nitrogens with one attached hydrogen (secondary N) is 1. The van der Waals surface area contributed by atoms with E-state index in [4.69, 9.17) is 11.6 Å². The van der Waals surface area contributed by atoms with Gasteiger partial charge in [0.2, 0.25) is 0 Å². The fourth-order valence-corrected chi connectivity index (χ4v) is 1.88. The highest BCUT2D eigenvalue weighted by Crippen LogP contribution is 2.24. The Hall–Kier alpha value is -1.06. The lowest BCUT2D eigenvalue weighted by Crippen LogP contribution is -2.39. The Balaban J connectivity index is 2.63. The maximum Gasteiger partial charge on any atom is 0.251 e. The van der Waals surface area contributed by atoms with Gasteiger partial charge in [-0.15, -0.1) is 0 Å².